The predicted molar refractivity (Wildman–Crippen MR) is 104 cm³/mol. The van der Waals surface area contributed by atoms with E-state index in [0.29, 0.717) is 36.1 Å². The van der Waals surface area contributed by atoms with Crippen molar-refractivity contribution in [3.8, 4) is 11.5 Å². The largest absolute Gasteiger partial charge is 0.504 e. The third-order valence-corrected chi connectivity index (χ3v) is 5.35. The van der Waals surface area contributed by atoms with Crippen molar-refractivity contribution in [2.45, 2.75) is 45.1 Å². The second kappa shape index (κ2) is 8.99. The molecule has 2 unspecified atom stereocenters. The second-order valence-corrected chi connectivity index (χ2v) is 7.37. The van der Waals surface area contributed by atoms with Gasteiger partial charge in [-0.25, -0.2) is 4.79 Å². The van der Waals surface area contributed by atoms with Gasteiger partial charge in [0, 0.05) is 5.70 Å². The average Bonchev–Trinajstić information content (AvgIpc) is 2.68. The van der Waals surface area contributed by atoms with Crippen molar-refractivity contribution < 1.29 is 24.2 Å². The van der Waals surface area contributed by atoms with E-state index in [1.807, 2.05) is 6.92 Å². The summed E-state index contributed by atoms with van der Waals surface area (Å²) < 4.78 is 11.0. The monoisotopic (exact) mass is 388 g/mol. The van der Waals surface area contributed by atoms with E-state index >= 15 is 0 Å². The molecule has 3 rings (SSSR count). The van der Waals surface area contributed by atoms with Crippen LogP contribution in [-0.2, 0) is 9.53 Å². The number of ether oxygens (including phenoxy) is 2. The second-order valence-electron chi connectivity index (χ2n) is 7.37. The smallest absolute Gasteiger partial charge is 0.319 e. The van der Waals surface area contributed by atoms with E-state index in [1.165, 1.54) is 25.3 Å². The Morgan fingerprint density at radius 3 is 2.75 bits per heavy atom. The zero-order valence-electron chi connectivity index (χ0n) is 16.2. The molecule has 2 aliphatic rings. The standard InChI is InChI=1S/C21H28N2O5/c1-3-27-17-11-15(9-10-16(17)24)19-18(13(2)22-21(26)23-19)20(25)28-12-14-7-5-4-6-8-14/h9-11,14,18-19,24H,2-8,12H2,1H3,(H2,22,23,26). The summed E-state index contributed by atoms with van der Waals surface area (Å²) in [7, 11) is 0. The fourth-order valence-electron chi connectivity index (χ4n) is 3.88. The molecule has 1 aromatic carbocycles. The molecule has 152 valence electrons. The van der Waals surface area contributed by atoms with Crippen molar-refractivity contribution in [2.24, 2.45) is 11.8 Å². The van der Waals surface area contributed by atoms with Crippen molar-refractivity contribution >= 4 is 12.0 Å². The maximum Gasteiger partial charge on any atom is 0.319 e. The van der Waals surface area contributed by atoms with Gasteiger partial charge in [0.05, 0.1) is 19.3 Å². The summed E-state index contributed by atoms with van der Waals surface area (Å²) in [5.74, 6) is -0.484. The van der Waals surface area contributed by atoms with E-state index < -0.39 is 24.0 Å². The van der Waals surface area contributed by atoms with Crippen LogP contribution in [0.2, 0.25) is 0 Å². The summed E-state index contributed by atoms with van der Waals surface area (Å²) in [4.78, 5) is 24.9. The molecule has 2 fully saturated rings. The number of urea groups is 1. The SMILES string of the molecule is C=C1NC(=O)NC(c2ccc(O)c(OCC)c2)C1C(=O)OCC1CCCCC1. The van der Waals surface area contributed by atoms with Crippen LogP contribution in [0.25, 0.3) is 0 Å². The van der Waals surface area contributed by atoms with Crippen LogP contribution in [0.4, 0.5) is 4.79 Å². The normalized spacial score (nSPS) is 22.9. The number of nitrogens with one attached hydrogen (secondary N) is 2. The zero-order chi connectivity index (χ0) is 20.1. The molecule has 1 saturated heterocycles. The number of phenolic OH excluding ortho intramolecular Hbond substituents is 1. The van der Waals surface area contributed by atoms with E-state index in [-0.39, 0.29) is 5.75 Å². The van der Waals surface area contributed by atoms with Gasteiger partial charge < -0.3 is 25.2 Å². The molecule has 0 aromatic heterocycles. The highest BCUT2D eigenvalue weighted by Crippen LogP contribution is 2.35. The van der Waals surface area contributed by atoms with Crippen molar-refractivity contribution in [3.63, 3.8) is 0 Å². The van der Waals surface area contributed by atoms with Crippen LogP contribution in [0.5, 0.6) is 11.5 Å². The molecule has 0 radical (unpaired) electrons. The lowest BCUT2D eigenvalue weighted by molar-refractivity contribution is -0.150. The summed E-state index contributed by atoms with van der Waals surface area (Å²) in [5.41, 5.74) is 0.935. The maximum atomic E-state index is 12.9. The van der Waals surface area contributed by atoms with Gasteiger partial charge in [0.25, 0.3) is 0 Å². The number of benzene rings is 1. The number of amides is 2. The van der Waals surface area contributed by atoms with E-state index in [4.69, 9.17) is 9.47 Å². The number of carbonyl (C=O) groups is 2. The highest BCUT2D eigenvalue weighted by molar-refractivity contribution is 5.85. The van der Waals surface area contributed by atoms with Crippen molar-refractivity contribution in [3.05, 3.63) is 36.0 Å². The first-order chi connectivity index (χ1) is 13.5. The van der Waals surface area contributed by atoms with Crippen LogP contribution in [0, 0.1) is 11.8 Å². The van der Waals surface area contributed by atoms with Crippen molar-refractivity contribution in [1.29, 1.82) is 0 Å². The molecule has 2 atom stereocenters. The number of hydrogen-bond acceptors (Lipinski definition) is 5. The molecule has 7 heteroatoms. The van der Waals surface area contributed by atoms with Crippen LogP contribution in [0.1, 0.15) is 50.6 Å². The Hall–Kier alpha value is -2.70. The third-order valence-electron chi connectivity index (χ3n) is 5.35. The first kappa shape index (κ1) is 20.0. The summed E-state index contributed by atoms with van der Waals surface area (Å²) in [6.45, 7) is 6.45. The Balaban J connectivity index is 1.78. The summed E-state index contributed by atoms with van der Waals surface area (Å²) in [5, 5.41) is 15.3. The third kappa shape index (κ3) is 4.58. The van der Waals surface area contributed by atoms with Crippen molar-refractivity contribution in [1.82, 2.24) is 10.6 Å². The Bertz CT molecular complexity index is 742. The molecule has 7 nitrogen and oxygen atoms in total. The van der Waals surface area contributed by atoms with E-state index in [0.717, 1.165) is 12.8 Å². The minimum absolute atomic E-state index is 0.00103. The number of aromatic hydroxyl groups is 1. The molecule has 1 heterocycles. The van der Waals surface area contributed by atoms with Gasteiger partial charge in [0.15, 0.2) is 11.5 Å². The summed E-state index contributed by atoms with van der Waals surface area (Å²) in [6, 6.07) is 3.69. The van der Waals surface area contributed by atoms with Gasteiger partial charge in [-0.2, -0.15) is 0 Å². The summed E-state index contributed by atoms with van der Waals surface area (Å²) in [6.07, 6.45) is 5.74. The van der Waals surface area contributed by atoms with Gasteiger partial charge in [-0.05, 0) is 43.4 Å². The van der Waals surface area contributed by atoms with E-state index in [2.05, 4.69) is 17.2 Å². The van der Waals surface area contributed by atoms with Gasteiger partial charge in [-0.3, -0.25) is 4.79 Å². The van der Waals surface area contributed by atoms with Gasteiger partial charge in [-0.15, -0.1) is 0 Å². The highest BCUT2D eigenvalue weighted by Gasteiger charge is 2.39. The minimum Gasteiger partial charge on any atom is -0.504 e. The Kier molecular flexibility index (Phi) is 6.44. The minimum atomic E-state index is -0.764. The number of carbonyl (C=O) groups excluding carboxylic acids is 2. The zero-order valence-corrected chi connectivity index (χ0v) is 16.2. The first-order valence-electron chi connectivity index (χ1n) is 9.88. The Labute approximate surface area is 165 Å². The molecule has 3 N–H and O–H groups in total. The van der Waals surface area contributed by atoms with Gasteiger partial charge in [-0.1, -0.05) is 31.9 Å². The first-order valence-corrected chi connectivity index (χ1v) is 9.88. The molecule has 1 aliphatic carbocycles. The molecular formula is C21H28N2O5. The molecule has 0 spiro atoms. The van der Waals surface area contributed by atoms with Crippen LogP contribution < -0.4 is 15.4 Å². The van der Waals surface area contributed by atoms with Crippen LogP contribution in [0.3, 0.4) is 0 Å². The average molecular weight is 388 g/mol. The molecule has 1 saturated carbocycles. The van der Waals surface area contributed by atoms with E-state index in [9.17, 15) is 14.7 Å². The summed E-state index contributed by atoms with van der Waals surface area (Å²) >= 11 is 0. The lowest BCUT2D eigenvalue weighted by Gasteiger charge is -2.34. The predicted octanol–water partition coefficient (Wildman–Crippen LogP) is 3.40. The lowest BCUT2D eigenvalue weighted by Crippen LogP contribution is -2.51. The Morgan fingerprint density at radius 1 is 1.29 bits per heavy atom. The molecule has 1 aromatic rings. The quantitative estimate of drug-likeness (QED) is 0.649. The van der Waals surface area contributed by atoms with E-state index in [1.54, 1.807) is 12.1 Å². The van der Waals surface area contributed by atoms with Gasteiger partial charge in [0.2, 0.25) is 0 Å². The van der Waals surface area contributed by atoms with Gasteiger partial charge >= 0.3 is 12.0 Å². The Morgan fingerprint density at radius 2 is 2.04 bits per heavy atom. The molecule has 1 aliphatic heterocycles. The fraction of sp³-hybridized carbons (Fsp3) is 0.524. The molecule has 28 heavy (non-hydrogen) atoms. The van der Waals surface area contributed by atoms with Gasteiger partial charge in [0.1, 0.15) is 5.92 Å². The van der Waals surface area contributed by atoms with Crippen LogP contribution in [-0.4, -0.2) is 30.3 Å². The van der Waals surface area contributed by atoms with Crippen LogP contribution >= 0.6 is 0 Å². The molecular weight excluding hydrogens is 360 g/mol. The lowest BCUT2D eigenvalue weighted by atomic mass is 9.88. The van der Waals surface area contributed by atoms with Crippen molar-refractivity contribution in [2.75, 3.05) is 13.2 Å². The number of rotatable bonds is 6. The molecule has 2 amide bonds. The molecule has 0 bridgehead atoms. The topological polar surface area (TPSA) is 96.9 Å². The number of hydrogen-bond donors (Lipinski definition) is 3. The van der Waals surface area contributed by atoms with Crippen LogP contribution in [0.15, 0.2) is 30.5 Å². The highest BCUT2D eigenvalue weighted by atomic mass is 16.5. The fourth-order valence-corrected chi connectivity index (χ4v) is 3.88. The number of esters is 1. The number of phenols is 1. The maximum absolute atomic E-state index is 12.9.